The van der Waals surface area contributed by atoms with E-state index in [4.69, 9.17) is 0 Å². The number of aromatic nitrogens is 2. The Morgan fingerprint density at radius 2 is 0.906 bits per heavy atom. The van der Waals surface area contributed by atoms with Gasteiger partial charge in [-0.1, -0.05) is 157 Å². The molecule has 10 rings (SSSR count). The first-order chi connectivity index (χ1) is 26.2. The van der Waals surface area contributed by atoms with Gasteiger partial charge in [-0.05, 0) is 83.3 Å². The number of aryl methyl sites for hydroxylation is 1. The van der Waals surface area contributed by atoms with E-state index in [2.05, 4.69) is 216 Å². The second kappa shape index (κ2) is 12.7. The number of benzene rings is 8. The Kier molecular flexibility index (Phi) is 7.40. The van der Waals surface area contributed by atoms with Gasteiger partial charge < -0.3 is 9.13 Å². The minimum absolute atomic E-state index is 1.16. The lowest BCUT2D eigenvalue weighted by molar-refractivity contribution is 1.17. The van der Waals surface area contributed by atoms with Crippen LogP contribution in [-0.2, 0) is 0 Å². The molecule has 0 unspecified atom stereocenters. The number of hydrogen-bond acceptors (Lipinski definition) is 0. The first-order valence-electron chi connectivity index (χ1n) is 18.3. The average molecular weight is 677 g/mol. The number of para-hydroxylation sites is 4. The molecule has 0 saturated heterocycles. The van der Waals surface area contributed by atoms with Crippen LogP contribution in [0.5, 0.6) is 0 Å². The Morgan fingerprint density at radius 1 is 0.377 bits per heavy atom. The van der Waals surface area contributed by atoms with Gasteiger partial charge in [0.05, 0.1) is 27.8 Å². The molecule has 0 aliphatic heterocycles. The van der Waals surface area contributed by atoms with E-state index in [1.54, 1.807) is 0 Å². The summed E-state index contributed by atoms with van der Waals surface area (Å²) < 4.78 is 4.78. The van der Waals surface area contributed by atoms with Gasteiger partial charge >= 0.3 is 0 Å². The quantitative estimate of drug-likeness (QED) is 0.155. The van der Waals surface area contributed by atoms with Gasteiger partial charge in [-0.3, -0.25) is 0 Å². The van der Waals surface area contributed by atoms with E-state index < -0.39 is 0 Å². The molecule has 2 heteroatoms. The van der Waals surface area contributed by atoms with E-state index in [9.17, 15) is 0 Å². The standard InChI is InChI=1S/C51H36N2/c1-35-22-31-40(32-23-35)52-48-19-9-7-17-45(48)46-34-39(30-33-51(46)52)41-13-3-2-12-37(41)27-24-36-25-28-38(29-26-36)42-14-4-8-18-47(42)53-49-20-10-5-15-43(49)44-16-6-11-21-50(44)53/h2-34H,1H3/b27-24+. The van der Waals surface area contributed by atoms with E-state index in [0.717, 1.165) is 5.56 Å². The van der Waals surface area contributed by atoms with Gasteiger partial charge in [0, 0.05) is 32.8 Å². The fourth-order valence-electron chi connectivity index (χ4n) is 8.07. The second-order valence-electron chi connectivity index (χ2n) is 13.8. The summed E-state index contributed by atoms with van der Waals surface area (Å²) in [6.07, 6.45) is 4.47. The monoisotopic (exact) mass is 676 g/mol. The summed E-state index contributed by atoms with van der Waals surface area (Å²) in [6, 6.07) is 68.2. The highest BCUT2D eigenvalue weighted by molar-refractivity contribution is 6.11. The number of fused-ring (bicyclic) bond motifs is 6. The summed E-state index contributed by atoms with van der Waals surface area (Å²) in [6.45, 7) is 2.14. The number of rotatable bonds is 6. The Balaban J connectivity index is 0.994. The van der Waals surface area contributed by atoms with E-state index in [-0.39, 0.29) is 0 Å². The highest BCUT2D eigenvalue weighted by Gasteiger charge is 2.16. The third-order valence-electron chi connectivity index (χ3n) is 10.6. The summed E-state index contributed by atoms with van der Waals surface area (Å²) in [7, 11) is 0. The smallest absolute Gasteiger partial charge is 0.0541 e. The highest BCUT2D eigenvalue weighted by atomic mass is 15.0. The lowest BCUT2D eigenvalue weighted by atomic mass is 9.97. The van der Waals surface area contributed by atoms with Gasteiger partial charge in [0.25, 0.3) is 0 Å². The number of hydrogen-bond donors (Lipinski definition) is 0. The SMILES string of the molecule is Cc1ccc(-n2c3ccccc3c3cc(-c4ccccc4/C=C/c4ccc(-c5ccccc5-n5c6ccccc6c6ccccc65)cc4)ccc32)cc1. The molecule has 0 radical (unpaired) electrons. The lowest BCUT2D eigenvalue weighted by Crippen LogP contribution is -1.96. The van der Waals surface area contributed by atoms with E-state index in [1.807, 2.05) is 0 Å². The summed E-state index contributed by atoms with van der Waals surface area (Å²) in [5.41, 5.74) is 15.7. The zero-order valence-electron chi connectivity index (χ0n) is 29.4. The van der Waals surface area contributed by atoms with Crippen molar-refractivity contribution in [2.24, 2.45) is 0 Å². The average Bonchev–Trinajstić information content (AvgIpc) is 3.73. The molecule has 0 fully saturated rings. The van der Waals surface area contributed by atoms with Crippen molar-refractivity contribution in [2.75, 3.05) is 0 Å². The van der Waals surface area contributed by atoms with Crippen LogP contribution in [0.25, 0.3) is 89.4 Å². The van der Waals surface area contributed by atoms with Gasteiger partial charge in [0.15, 0.2) is 0 Å². The predicted molar refractivity (Wildman–Crippen MR) is 226 cm³/mol. The first-order valence-corrected chi connectivity index (χ1v) is 18.3. The molecule has 2 aromatic heterocycles. The van der Waals surface area contributed by atoms with Crippen LogP contribution >= 0.6 is 0 Å². The third-order valence-corrected chi connectivity index (χ3v) is 10.6. The molecule has 8 aromatic carbocycles. The summed E-state index contributed by atoms with van der Waals surface area (Å²) in [5, 5.41) is 5.06. The van der Waals surface area contributed by atoms with Crippen molar-refractivity contribution in [3.05, 3.63) is 205 Å². The Labute approximate surface area is 309 Å². The lowest BCUT2D eigenvalue weighted by Gasteiger charge is -2.14. The van der Waals surface area contributed by atoms with Crippen LogP contribution in [0, 0.1) is 6.92 Å². The largest absolute Gasteiger partial charge is 0.309 e. The molecule has 0 aliphatic rings. The fourth-order valence-corrected chi connectivity index (χ4v) is 8.07. The molecule has 0 saturated carbocycles. The van der Waals surface area contributed by atoms with Gasteiger partial charge in [-0.15, -0.1) is 0 Å². The van der Waals surface area contributed by atoms with Gasteiger partial charge in [-0.25, -0.2) is 0 Å². The van der Waals surface area contributed by atoms with Crippen molar-refractivity contribution in [1.29, 1.82) is 0 Å². The van der Waals surface area contributed by atoms with Crippen LogP contribution in [0.2, 0.25) is 0 Å². The third kappa shape index (κ3) is 5.27. The molecule has 53 heavy (non-hydrogen) atoms. The molecule has 2 nitrogen and oxygen atoms in total. The van der Waals surface area contributed by atoms with Crippen molar-refractivity contribution in [3.63, 3.8) is 0 Å². The molecule has 0 N–H and O–H groups in total. The maximum atomic E-state index is 2.41. The van der Waals surface area contributed by atoms with E-state index in [0.29, 0.717) is 0 Å². The van der Waals surface area contributed by atoms with E-state index in [1.165, 1.54) is 88.4 Å². The summed E-state index contributed by atoms with van der Waals surface area (Å²) >= 11 is 0. The summed E-state index contributed by atoms with van der Waals surface area (Å²) in [4.78, 5) is 0. The Bertz CT molecular complexity index is 2940. The van der Waals surface area contributed by atoms with Crippen LogP contribution < -0.4 is 0 Å². The maximum absolute atomic E-state index is 2.41. The maximum Gasteiger partial charge on any atom is 0.0541 e. The highest BCUT2D eigenvalue weighted by Crippen LogP contribution is 2.38. The van der Waals surface area contributed by atoms with E-state index >= 15 is 0 Å². The van der Waals surface area contributed by atoms with Crippen molar-refractivity contribution < 1.29 is 0 Å². The molecule has 0 atom stereocenters. The van der Waals surface area contributed by atoms with Gasteiger partial charge in [-0.2, -0.15) is 0 Å². The van der Waals surface area contributed by atoms with Crippen molar-refractivity contribution in [1.82, 2.24) is 9.13 Å². The molecule has 0 amide bonds. The Hall–Kier alpha value is -6.90. The van der Waals surface area contributed by atoms with Crippen LogP contribution in [-0.4, -0.2) is 9.13 Å². The summed E-state index contributed by atoms with van der Waals surface area (Å²) in [5.74, 6) is 0. The van der Waals surface area contributed by atoms with Gasteiger partial charge in [0.2, 0.25) is 0 Å². The van der Waals surface area contributed by atoms with Crippen molar-refractivity contribution in [2.45, 2.75) is 6.92 Å². The molecular formula is C51H36N2. The number of nitrogens with zero attached hydrogens (tertiary/aromatic N) is 2. The van der Waals surface area contributed by atoms with Crippen LogP contribution in [0.4, 0.5) is 0 Å². The van der Waals surface area contributed by atoms with Crippen molar-refractivity contribution in [3.8, 4) is 33.6 Å². The minimum atomic E-state index is 1.16. The topological polar surface area (TPSA) is 9.86 Å². The predicted octanol–water partition coefficient (Wildman–Crippen LogP) is 13.7. The molecule has 10 aromatic rings. The fraction of sp³-hybridized carbons (Fsp3) is 0.0196. The van der Waals surface area contributed by atoms with Crippen LogP contribution in [0.1, 0.15) is 16.7 Å². The molecule has 250 valence electrons. The normalized spacial score (nSPS) is 11.8. The van der Waals surface area contributed by atoms with Gasteiger partial charge in [0.1, 0.15) is 0 Å². The molecular weight excluding hydrogens is 641 g/mol. The van der Waals surface area contributed by atoms with Crippen LogP contribution in [0.3, 0.4) is 0 Å². The molecule has 0 aliphatic carbocycles. The minimum Gasteiger partial charge on any atom is -0.309 e. The first kappa shape index (κ1) is 30.9. The second-order valence-corrected chi connectivity index (χ2v) is 13.8. The van der Waals surface area contributed by atoms with Crippen molar-refractivity contribution >= 4 is 55.8 Å². The van der Waals surface area contributed by atoms with Crippen LogP contribution in [0.15, 0.2) is 188 Å². The zero-order chi connectivity index (χ0) is 35.3. The molecule has 0 bridgehead atoms. The zero-order valence-corrected chi connectivity index (χ0v) is 29.4. The molecule has 2 heterocycles. The molecule has 0 spiro atoms. The Morgan fingerprint density at radius 3 is 1.60 bits per heavy atom.